The van der Waals surface area contributed by atoms with Gasteiger partial charge in [0.1, 0.15) is 6.61 Å². The molecule has 0 aromatic carbocycles. The molecule has 120 valence electrons. The topological polar surface area (TPSA) is 137 Å². The van der Waals surface area contributed by atoms with Gasteiger partial charge in [0.2, 0.25) is 11.5 Å². The zero-order chi connectivity index (χ0) is 16.5. The first-order valence-electron chi connectivity index (χ1n) is 5.89. The molecule has 22 heavy (non-hydrogen) atoms. The fourth-order valence-electron chi connectivity index (χ4n) is 1.72. The first-order chi connectivity index (χ1) is 10.2. The lowest BCUT2D eigenvalue weighted by molar-refractivity contribution is -0.384. The number of hydrogen-bond donors (Lipinski definition) is 2. The smallest absolute Gasteiger partial charge is 0.373 e. The van der Waals surface area contributed by atoms with Gasteiger partial charge in [0, 0.05) is 26.0 Å². The zero-order valence-electron chi connectivity index (χ0n) is 11.6. The molecule has 0 fully saturated rings. The molecule has 0 aliphatic heterocycles. The average Bonchev–Trinajstić information content (AvgIpc) is 2.97. The number of aromatic nitrogens is 1. The van der Waals surface area contributed by atoms with Gasteiger partial charge in [-0.05, 0) is 0 Å². The van der Waals surface area contributed by atoms with Crippen LogP contribution >= 0.6 is 7.60 Å². The molecule has 0 bridgehead atoms. The minimum absolute atomic E-state index is 0.0255. The number of furan rings is 1. The predicted octanol–water partition coefficient (Wildman–Crippen LogP) is 2.02. The molecule has 0 aliphatic rings. The van der Waals surface area contributed by atoms with Crippen LogP contribution in [0.1, 0.15) is 5.76 Å². The van der Waals surface area contributed by atoms with Crippen molar-refractivity contribution in [1.29, 1.82) is 0 Å². The van der Waals surface area contributed by atoms with E-state index in [9.17, 15) is 24.7 Å². The van der Waals surface area contributed by atoms with E-state index in [1.165, 1.54) is 19.4 Å². The number of nitro groups is 1. The lowest BCUT2D eigenvalue weighted by Crippen LogP contribution is -1.93. The molecule has 2 aromatic rings. The highest BCUT2D eigenvalue weighted by molar-refractivity contribution is 7.52. The van der Waals surface area contributed by atoms with Crippen LogP contribution in [0.5, 0.6) is 11.5 Å². The van der Waals surface area contributed by atoms with Crippen molar-refractivity contribution in [2.24, 2.45) is 0 Å². The Balaban J connectivity index is 2.50. The molecule has 0 saturated heterocycles. The second kappa shape index (κ2) is 5.84. The van der Waals surface area contributed by atoms with Gasteiger partial charge in [-0.25, -0.2) is 4.57 Å². The van der Waals surface area contributed by atoms with E-state index in [-0.39, 0.29) is 29.7 Å². The van der Waals surface area contributed by atoms with E-state index in [1.807, 2.05) is 0 Å². The maximum atomic E-state index is 11.4. The van der Waals surface area contributed by atoms with Gasteiger partial charge in [-0.15, -0.1) is 0 Å². The molecule has 11 heteroatoms. The second-order valence-electron chi connectivity index (χ2n) is 4.37. The van der Waals surface area contributed by atoms with Gasteiger partial charge in [-0.1, -0.05) is 0 Å². The van der Waals surface area contributed by atoms with E-state index >= 15 is 0 Å². The summed E-state index contributed by atoms with van der Waals surface area (Å²) < 4.78 is 27.5. The minimum Gasteiger partial charge on any atom is -0.500 e. The summed E-state index contributed by atoms with van der Waals surface area (Å²) in [5.74, 6) is -1.12. The van der Waals surface area contributed by atoms with Crippen molar-refractivity contribution in [3.05, 3.63) is 34.3 Å². The van der Waals surface area contributed by atoms with Gasteiger partial charge in [0.05, 0.1) is 11.1 Å². The van der Waals surface area contributed by atoms with Gasteiger partial charge in [-0.3, -0.25) is 14.7 Å². The maximum Gasteiger partial charge on any atom is 0.373 e. The highest BCUT2D eigenvalue weighted by Gasteiger charge is 2.27. The lowest BCUT2D eigenvalue weighted by atomic mass is 10.4. The standard InChI is InChI=1S/C11H13N2O8P/c1-19-6-8-10(21-22(2,17)18)9(14)11(20-8)12-4-3-7(5-12)13(15)16/h3-5,14H,6H2,1-2H3,(H,17,18). The zero-order valence-corrected chi connectivity index (χ0v) is 12.5. The number of aromatic hydroxyl groups is 1. The Labute approximate surface area is 124 Å². The molecule has 2 aromatic heterocycles. The van der Waals surface area contributed by atoms with E-state index < -0.39 is 18.3 Å². The fraction of sp³-hybridized carbons (Fsp3) is 0.273. The van der Waals surface area contributed by atoms with Crippen molar-refractivity contribution in [1.82, 2.24) is 4.57 Å². The molecule has 0 spiro atoms. The van der Waals surface area contributed by atoms with Crippen LogP contribution in [0.4, 0.5) is 5.69 Å². The SMILES string of the molecule is COCc1oc(-n2ccc([N+](=O)[O-])c2)c(O)c1OP(C)(=O)O. The summed E-state index contributed by atoms with van der Waals surface area (Å²) in [6, 6.07) is 1.20. The van der Waals surface area contributed by atoms with Crippen molar-refractivity contribution in [2.75, 3.05) is 13.8 Å². The summed E-state index contributed by atoms with van der Waals surface area (Å²) >= 11 is 0. The lowest BCUT2D eigenvalue weighted by Gasteiger charge is -2.08. The molecule has 10 nitrogen and oxygen atoms in total. The summed E-state index contributed by atoms with van der Waals surface area (Å²) in [4.78, 5) is 19.4. The van der Waals surface area contributed by atoms with Crippen LogP contribution in [0.2, 0.25) is 0 Å². The molecular weight excluding hydrogens is 319 g/mol. The maximum absolute atomic E-state index is 11.4. The Bertz CT molecular complexity index is 743. The molecule has 1 atom stereocenters. The molecule has 2 rings (SSSR count). The first-order valence-corrected chi connectivity index (χ1v) is 7.91. The molecule has 2 N–H and O–H groups in total. The van der Waals surface area contributed by atoms with E-state index in [1.54, 1.807) is 0 Å². The van der Waals surface area contributed by atoms with Crippen molar-refractivity contribution >= 4 is 13.3 Å². The molecule has 0 radical (unpaired) electrons. The summed E-state index contributed by atoms with van der Waals surface area (Å²) in [5, 5.41) is 20.8. The molecular formula is C11H13N2O8P. The Morgan fingerprint density at radius 1 is 1.55 bits per heavy atom. The quantitative estimate of drug-likeness (QED) is 0.465. The third-order valence-electron chi connectivity index (χ3n) is 2.55. The van der Waals surface area contributed by atoms with Crippen LogP contribution in [0.3, 0.4) is 0 Å². The van der Waals surface area contributed by atoms with Crippen LogP contribution in [0.25, 0.3) is 5.88 Å². The fourth-order valence-corrected chi connectivity index (χ4v) is 2.25. The van der Waals surface area contributed by atoms with Crippen molar-refractivity contribution in [2.45, 2.75) is 6.61 Å². The average molecular weight is 332 g/mol. The Morgan fingerprint density at radius 3 is 2.73 bits per heavy atom. The highest BCUT2D eigenvalue weighted by Crippen LogP contribution is 2.48. The number of hydrogen-bond acceptors (Lipinski definition) is 7. The normalized spacial score (nSPS) is 13.8. The Hall–Kier alpha value is -2.29. The van der Waals surface area contributed by atoms with Gasteiger partial charge in [0.15, 0.2) is 5.76 Å². The Kier molecular flexibility index (Phi) is 4.27. The number of methoxy groups -OCH3 is 1. The Morgan fingerprint density at radius 2 is 2.23 bits per heavy atom. The number of ether oxygens (including phenoxy) is 1. The van der Waals surface area contributed by atoms with E-state index in [0.717, 1.165) is 17.4 Å². The van der Waals surface area contributed by atoms with Crippen molar-refractivity contribution < 1.29 is 33.2 Å². The highest BCUT2D eigenvalue weighted by atomic mass is 31.2. The minimum atomic E-state index is -3.95. The number of nitrogens with zero attached hydrogens (tertiary/aromatic N) is 2. The largest absolute Gasteiger partial charge is 0.500 e. The molecule has 0 saturated carbocycles. The van der Waals surface area contributed by atoms with Gasteiger partial charge >= 0.3 is 7.60 Å². The summed E-state index contributed by atoms with van der Waals surface area (Å²) in [6.45, 7) is 0.808. The van der Waals surface area contributed by atoms with Crippen molar-refractivity contribution in [3.8, 4) is 17.4 Å². The van der Waals surface area contributed by atoms with E-state index in [0.29, 0.717) is 0 Å². The van der Waals surface area contributed by atoms with Crippen LogP contribution < -0.4 is 4.52 Å². The van der Waals surface area contributed by atoms with Gasteiger partial charge in [0.25, 0.3) is 11.6 Å². The van der Waals surface area contributed by atoms with Gasteiger partial charge < -0.3 is 23.7 Å². The third kappa shape index (κ3) is 3.30. The second-order valence-corrected chi connectivity index (χ2v) is 6.16. The number of rotatable bonds is 6. The summed E-state index contributed by atoms with van der Waals surface area (Å²) in [7, 11) is -2.59. The van der Waals surface area contributed by atoms with E-state index in [2.05, 4.69) is 0 Å². The van der Waals surface area contributed by atoms with Crippen LogP contribution in [0.15, 0.2) is 22.9 Å². The summed E-state index contributed by atoms with van der Waals surface area (Å²) in [5.41, 5.74) is -0.213. The molecule has 0 amide bonds. The third-order valence-corrected chi connectivity index (χ3v) is 3.07. The molecule has 2 heterocycles. The van der Waals surface area contributed by atoms with Gasteiger partial charge in [-0.2, -0.15) is 0 Å². The van der Waals surface area contributed by atoms with E-state index in [4.69, 9.17) is 13.7 Å². The van der Waals surface area contributed by atoms with Crippen LogP contribution in [-0.2, 0) is 15.9 Å². The molecule has 1 unspecified atom stereocenters. The van der Waals surface area contributed by atoms with Crippen LogP contribution in [-0.4, -0.2) is 33.3 Å². The predicted molar refractivity (Wildman–Crippen MR) is 73.4 cm³/mol. The summed E-state index contributed by atoms with van der Waals surface area (Å²) in [6.07, 6.45) is 2.41. The van der Waals surface area contributed by atoms with Crippen molar-refractivity contribution in [3.63, 3.8) is 0 Å². The monoisotopic (exact) mass is 332 g/mol. The first kappa shape index (κ1) is 16.1. The van der Waals surface area contributed by atoms with Crippen LogP contribution in [0, 0.1) is 10.1 Å². The molecule has 0 aliphatic carbocycles.